The van der Waals surface area contributed by atoms with Crippen LogP contribution in [0.4, 0.5) is 11.4 Å². The van der Waals surface area contributed by atoms with Crippen molar-refractivity contribution in [1.82, 2.24) is 15.4 Å². The van der Waals surface area contributed by atoms with E-state index in [0.29, 0.717) is 11.4 Å². The van der Waals surface area contributed by atoms with Gasteiger partial charge in [-0.05, 0) is 55.5 Å². The highest BCUT2D eigenvalue weighted by Crippen LogP contribution is 2.22. The van der Waals surface area contributed by atoms with Crippen molar-refractivity contribution in [2.75, 3.05) is 10.3 Å². The maximum absolute atomic E-state index is 12.8. The fourth-order valence-corrected chi connectivity index (χ4v) is 3.50. The van der Waals surface area contributed by atoms with E-state index in [1.807, 2.05) is 54.6 Å². The van der Waals surface area contributed by atoms with Crippen molar-refractivity contribution in [1.29, 1.82) is 0 Å². The van der Waals surface area contributed by atoms with Gasteiger partial charge in [-0.25, -0.2) is 15.0 Å². The quantitative estimate of drug-likeness (QED) is 0.467. The van der Waals surface area contributed by atoms with Gasteiger partial charge in [0.15, 0.2) is 0 Å². The Hall–Kier alpha value is -4.46. The van der Waals surface area contributed by atoms with Gasteiger partial charge in [0, 0.05) is 11.3 Å². The predicted molar refractivity (Wildman–Crippen MR) is 124 cm³/mol. The highest BCUT2D eigenvalue weighted by atomic mass is 16.2. The van der Waals surface area contributed by atoms with E-state index in [0.717, 1.165) is 22.4 Å². The van der Waals surface area contributed by atoms with Crippen LogP contribution in [0.1, 0.15) is 6.92 Å². The summed E-state index contributed by atoms with van der Waals surface area (Å²) in [5, 5.41) is 4.17. The molecule has 3 aromatic carbocycles. The highest BCUT2D eigenvalue weighted by molar-refractivity contribution is 6.43. The molecule has 0 spiro atoms. The normalized spacial score (nSPS) is 15.9. The predicted octanol–water partition coefficient (Wildman–Crippen LogP) is 3.51. The summed E-state index contributed by atoms with van der Waals surface area (Å²) in [6, 6.07) is 23.6. The van der Waals surface area contributed by atoms with Crippen LogP contribution in [-0.4, -0.2) is 33.7 Å². The van der Waals surface area contributed by atoms with Crippen LogP contribution in [0.5, 0.6) is 0 Å². The molecule has 1 aliphatic rings. The number of carbonyl (C=O) groups excluding carboxylic acids is 2. The average Bonchev–Trinajstić information content (AvgIpc) is 3.26. The molecular weight excluding hydrogens is 404 g/mol. The maximum atomic E-state index is 12.8. The van der Waals surface area contributed by atoms with Gasteiger partial charge in [-0.15, -0.1) is 0 Å². The first-order valence-corrected chi connectivity index (χ1v) is 10.2. The molecular formula is C24H20N6O2. The molecule has 1 aromatic heterocycles. The number of para-hydroxylation sites is 3. The smallest absolute Gasteiger partial charge is 0.292 e. The molecule has 3 N–H and O–H groups in total. The van der Waals surface area contributed by atoms with Crippen LogP contribution < -0.4 is 15.8 Å². The molecule has 0 saturated heterocycles. The summed E-state index contributed by atoms with van der Waals surface area (Å²) in [4.78, 5) is 37.4. The zero-order valence-corrected chi connectivity index (χ0v) is 17.2. The molecule has 0 radical (unpaired) electrons. The van der Waals surface area contributed by atoms with Gasteiger partial charge in [0.1, 0.15) is 11.9 Å². The van der Waals surface area contributed by atoms with E-state index < -0.39 is 11.9 Å². The molecule has 2 amide bonds. The van der Waals surface area contributed by atoms with Crippen molar-refractivity contribution in [3.8, 4) is 11.4 Å². The number of H-pyrrole nitrogens is 1. The molecule has 2 heterocycles. The van der Waals surface area contributed by atoms with Crippen LogP contribution >= 0.6 is 0 Å². The Labute approximate surface area is 184 Å². The van der Waals surface area contributed by atoms with Crippen molar-refractivity contribution in [2.24, 2.45) is 4.99 Å². The number of hydrogen-bond acceptors (Lipinski definition) is 5. The number of benzene rings is 3. The minimum Gasteiger partial charge on any atom is -0.338 e. The third kappa shape index (κ3) is 3.69. The topological polar surface area (TPSA) is 102 Å². The number of aromatic amines is 1. The van der Waals surface area contributed by atoms with Crippen molar-refractivity contribution in [2.45, 2.75) is 13.0 Å². The molecule has 0 saturated carbocycles. The summed E-state index contributed by atoms with van der Waals surface area (Å²) < 4.78 is 0. The fraction of sp³-hybridized carbons (Fsp3) is 0.0833. The molecule has 158 valence electrons. The van der Waals surface area contributed by atoms with E-state index in [1.54, 1.807) is 31.2 Å². The minimum atomic E-state index is -0.673. The zero-order chi connectivity index (χ0) is 22.1. The Balaban J connectivity index is 1.32. The molecule has 0 fully saturated rings. The van der Waals surface area contributed by atoms with E-state index in [1.165, 1.54) is 5.01 Å². The molecule has 32 heavy (non-hydrogen) atoms. The number of aliphatic imine (C=N–C) groups is 1. The Morgan fingerprint density at radius 2 is 1.69 bits per heavy atom. The third-order valence-corrected chi connectivity index (χ3v) is 5.15. The van der Waals surface area contributed by atoms with Gasteiger partial charge < -0.3 is 10.3 Å². The molecule has 8 nitrogen and oxygen atoms in total. The van der Waals surface area contributed by atoms with E-state index in [-0.39, 0.29) is 11.7 Å². The van der Waals surface area contributed by atoms with Crippen LogP contribution in [0, 0.1) is 0 Å². The van der Waals surface area contributed by atoms with E-state index in [2.05, 4.69) is 25.7 Å². The second-order valence-corrected chi connectivity index (χ2v) is 7.41. The van der Waals surface area contributed by atoms with Gasteiger partial charge in [-0.2, -0.15) is 0 Å². The number of fused-ring (bicyclic) bond motifs is 1. The minimum absolute atomic E-state index is 0.0716. The first-order valence-electron chi connectivity index (χ1n) is 10.2. The van der Waals surface area contributed by atoms with Crippen LogP contribution in [0.15, 0.2) is 83.9 Å². The number of carbonyl (C=O) groups is 2. The maximum Gasteiger partial charge on any atom is 0.292 e. The first-order chi connectivity index (χ1) is 15.6. The van der Waals surface area contributed by atoms with Gasteiger partial charge in [0.25, 0.3) is 11.8 Å². The molecule has 1 atom stereocenters. The largest absolute Gasteiger partial charge is 0.338 e. The molecule has 1 aliphatic heterocycles. The van der Waals surface area contributed by atoms with Crippen LogP contribution in [0.3, 0.4) is 0 Å². The second kappa shape index (κ2) is 7.99. The summed E-state index contributed by atoms with van der Waals surface area (Å²) in [6.45, 7) is 1.66. The lowest BCUT2D eigenvalue weighted by atomic mass is 10.2. The number of nitrogens with zero attached hydrogens (tertiary/aromatic N) is 3. The van der Waals surface area contributed by atoms with Crippen LogP contribution in [0.25, 0.3) is 22.4 Å². The Bertz CT molecular complexity index is 1290. The molecule has 0 aliphatic carbocycles. The number of aromatic nitrogens is 2. The lowest BCUT2D eigenvalue weighted by molar-refractivity contribution is -0.120. The van der Waals surface area contributed by atoms with Crippen molar-refractivity contribution in [3.63, 3.8) is 0 Å². The standard InChI is InChI=1S/C24H20N6O2/c1-15-24(32)30(18-7-3-2-4-8-18)29-22(25-15)23(31)26-17-13-11-16(12-14-17)21-27-19-9-5-6-10-20(19)28-21/h2-15H,1H3,(H,25,29)(H,26,31)(H,27,28). The molecule has 4 aromatic rings. The van der Waals surface area contributed by atoms with E-state index in [4.69, 9.17) is 0 Å². The molecule has 8 heteroatoms. The lowest BCUT2D eigenvalue weighted by Crippen LogP contribution is -2.57. The Morgan fingerprint density at radius 1 is 0.969 bits per heavy atom. The molecule has 1 unspecified atom stereocenters. The average molecular weight is 424 g/mol. The number of rotatable bonds is 4. The summed E-state index contributed by atoms with van der Waals surface area (Å²) >= 11 is 0. The summed E-state index contributed by atoms with van der Waals surface area (Å²) in [6.07, 6.45) is 0. The van der Waals surface area contributed by atoms with Gasteiger partial charge in [0.05, 0.1) is 16.7 Å². The number of amidine groups is 1. The Kier molecular flexibility index (Phi) is 4.87. The van der Waals surface area contributed by atoms with Crippen molar-refractivity contribution >= 4 is 40.1 Å². The van der Waals surface area contributed by atoms with Gasteiger partial charge in [0.2, 0.25) is 5.84 Å². The van der Waals surface area contributed by atoms with E-state index >= 15 is 0 Å². The Morgan fingerprint density at radius 3 is 2.44 bits per heavy atom. The number of nitrogens with one attached hydrogen (secondary N) is 3. The number of hydrogen-bond donors (Lipinski definition) is 3. The first kappa shape index (κ1) is 19.5. The van der Waals surface area contributed by atoms with Gasteiger partial charge in [-0.3, -0.25) is 15.0 Å². The lowest BCUT2D eigenvalue weighted by Gasteiger charge is -2.30. The number of imidazole rings is 1. The summed E-state index contributed by atoms with van der Waals surface area (Å²) in [5.41, 5.74) is 6.84. The van der Waals surface area contributed by atoms with Gasteiger partial charge >= 0.3 is 0 Å². The summed E-state index contributed by atoms with van der Waals surface area (Å²) in [7, 11) is 0. The number of hydrazine groups is 1. The summed E-state index contributed by atoms with van der Waals surface area (Å²) in [5.74, 6) is 0.167. The van der Waals surface area contributed by atoms with E-state index in [9.17, 15) is 9.59 Å². The van der Waals surface area contributed by atoms with Crippen LogP contribution in [-0.2, 0) is 9.59 Å². The van der Waals surface area contributed by atoms with Crippen LogP contribution in [0.2, 0.25) is 0 Å². The van der Waals surface area contributed by atoms with Gasteiger partial charge in [-0.1, -0.05) is 30.3 Å². The number of anilines is 2. The molecule has 0 bridgehead atoms. The SMILES string of the molecule is CC1N=C(C(=O)Nc2ccc(-c3nc4ccccc4[nH]3)cc2)NN(c2ccccc2)C1=O. The van der Waals surface area contributed by atoms with Crippen molar-refractivity contribution in [3.05, 3.63) is 78.9 Å². The monoisotopic (exact) mass is 424 g/mol. The van der Waals surface area contributed by atoms with Crippen molar-refractivity contribution < 1.29 is 9.59 Å². The highest BCUT2D eigenvalue weighted by Gasteiger charge is 2.30. The number of amides is 2. The zero-order valence-electron chi connectivity index (χ0n) is 17.2. The molecule has 5 rings (SSSR count). The fourth-order valence-electron chi connectivity index (χ4n) is 3.50. The second-order valence-electron chi connectivity index (χ2n) is 7.41. The third-order valence-electron chi connectivity index (χ3n) is 5.15.